The summed E-state index contributed by atoms with van der Waals surface area (Å²) in [6, 6.07) is 0.129. The number of carbonyl (C=O) groups excluding carboxylic acids is 1. The highest BCUT2D eigenvalue weighted by atomic mass is 35.5. The summed E-state index contributed by atoms with van der Waals surface area (Å²) in [6.45, 7) is 4.85. The van der Waals surface area contributed by atoms with E-state index in [1.807, 2.05) is 0 Å². The van der Waals surface area contributed by atoms with Crippen molar-refractivity contribution >= 4 is 28.3 Å². The van der Waals surface area contributed by atoms with E-state index >= 15 is 0 Å². The van der Waals surface area contributed by atoms with Crippen LogP contribution in [0.2, 0.25) is 0 Å². The molecule has 2 saturated heterocycles. The van der Waals surface area contributed by atoms with Gasteiger partial charge in [0.1, 0.15) is 0 Å². The van der Waals surface area contributed by atoms with Crippen molar-refractivity contribution in [1.29, 1.82) is 0 Å². The number of nitrogens with one attached hydrogen (secondary N) is 2. The predicted octanol–water partition coefficient (Wildman–Crippen LogP) is 1.12. The van der Waals surface area contributed by atoms with Gasteiger partial charge in [-0.05, 0) is 58.0 Å². The van der Waals surface area contributed by atoms with E-state index in [2.05, 4.69) is 10.6 Å². The Morgan fingerprint density at radius 1 is 1.17 bits per heavy atom. The second kappa shape index (κ2) is 9.81. The van der Waals surface area contributed by atoms with Gasteiger partial charge in [-0.2, -0.15) is 0 Å². The lowest BCUT2D eigenvalue weighted by Crippen LogP contribution is -2.46. The van der Waals surface area contributed by atoms with Crippen LogP contribution in [0.5, 0.6) is 0 Å². The highest BCUT2D eigenvalue weighted by Gasteiger charge is 2.27. The van der Waals surface area contributed by atoms with Gasteiger partial charge < -0.3 is 10.6 Å². The summed E-state index contributed by atoms with van der Waals surface area (Å²) in [4.78, 5) is 12.0. The molecule has 0 aromatic carbocycles. The van der Waals surface area contributed by atoms with Crippen LogP contribution in [-0.2, 0) is 14.8 Å². The summed E-state index contributed by atoms with van der Waals surface area (Å²) in [7, 11) is -3.08. The van der Waals surface area contributed by atoms with Crippen LogP contribution in [-0.4, -0.2) is 56.6 Å². The topological polar surface area (TPSA) is 78.5 Å². The number of nitrogens with zero attached hydrogens (tertiary/aromatic N) is 1. The fourth-order valence-electron chi connectivity index (χ4n) is 3.27. The molecule has 0 spiro atoms. The van der Waals surface area contributed by atoms with Crippen molar-refractivity contribution in [3.05, 3.63) is 0 Å². The standard InChI is InChI=1S/C15H29N3O3S.ClH/c1-2-22(20,21)18-11-7-14(8-12-18)17-15(19)4-3-13-5-9-16-10-6-13;/h13-14,16H,2-12H2,1H3,(H,17,19);1H. The van der Waals surface area contributed by atoms with Crippen LogP contribution in [0.4, 0.5) is 0 Å². The zero-order valence-corrected chi connectivity index (χ0v) is 15.6. The molecule has 0 aromatic rings. The lowest BCUT2D eigenvalue weighted by atomic mass is 9.93. The number of halogens is 1. The van der Waals surface area contributed by atoms with Gasteiger partial charge in [0.25, 0.3) is 0 Å². The molecule has 0 aromatic heterocycles. The zero-order chi connectivity index (χ0) is 16.0. The SMILES string of the molecule is CCS(=O)(=O)N1CCC(NC(=O)CCC2CCNCC2)CC1.Cl. The number of hydrogen-bond donors (Lipinski definition) is 2. The molecule has 2 heterocycles. The van der Waals surface area contributed by atoms with Crippen LogP contribution in [0.25, 0.3) is 0 Å². The van der Waals surface area contributed by atoms with Crippen molar-refractivity contribution in [3.8, 4) is 0 Å². The normalized spacial score (nSPS) is 21.6. The van der Waals surface area contributed by atoms with Crippen LogP contribution < -0.4 is 10.6 Å². The molecule has 8 heteroatoms. The van der Waals surface area contributed by atoms with E-state index in [1.54, 1.807) is 11.2 Å². The first-order valence-electron chi connectivity index (χ1n) is 8.49. The van der Waals surface area contributed by atoms with E-state index in [-0.39, 0.29) is 30.1 Å². The fraction of sp³-hybridized carbons (Fsp3) is 0.933. The third-order valence-corrected chi connectivity index (χ3v) is 6.70. The largest absolute Gasteiger partial charge is 0.353 e. The van der Waals surface area contributed by atoms with Crippen molar-refractivity contribution in [2.45, 2.75) is 51.5 Å². The Bertz CT molecular complexity index is 459. The summed E-state index contributed by atoms with van der Waals surface area (Å²) >= 11 is 0. The number of piperidine rings is 2. The Labute approximate surface area is 146 Å². The van der Waals surface area contributed by atoms with E-state index in [9.17, 15) is 13.2 Å². The maximum atomic E-state index is 12.0. The second-order valence-corrected chi connectivity index (χ2v) is 8.63. The maximum absolute atomic E-state index is 12.0. The lowest BCUT2D eigenvalue weighted by molar-refractivity contribution is -0.122. The molecule has 1 amide bonds. The average Bonchev–Trinajstić information content (AvgIpc) is 2.54. The van der Waals surface area contributed by atoms with Crippen molar-refractivity contribution in [2.24, 2.45) is 5.92 Å². The fourth-order valence-corrected chi connectivity index (χ4v) is 4.40. The molecular weight excluding hydrogens is 338 g/mol. The summed E-state index contributed by atoms with van der Waals surface area (Å²) in [5.41, 5.74) is 0. The molecule has 2 fully saturated rings. The van der Waals surface area contributed by atoms with Gasteiger partial charge in [0.2, 0.25) is 15.9 Å². The molecule has 0 atom stereocenters. The van der Waals surface area contributed by atoms with E-state index in [1.165, 1.54) is 12.8 Å². The first kappa shape index (κ1) is 20.7. The molecule has 2 aliphatic rings. The van der Waals surface area contributed by atoms with Gasteiger partial charge in [-0.1, -0.05) is 0 Å². The molecule has 136 valence electrons. The van der Waals surface area contributed by atoms with E-state index < -0.39 is 10.0 Å². The summed E-state index contributed by atoms with van der Waals surface area (Å²) in [5.74, 6) is 0.944. The van der Waals surface area contributed by atoms with Crippen LogP contribution in [0.1, 0.15) is 45.4 Å². The highest BCUT2D eigenvalue weighted by Crippen LogP contribution is 2.18. The van der Waals surface area contributed by atoms with Gasteiger partial charge in [0.05, 0.1) is 5.75 Å². The molecule has 0 unspecified atom stereocenters. The minimum atomic E-state index is -3.08. The number of carbonyl (C=O) groups is 1. The van der Waals surface area contributed by atoms with Gasteiger partial charge in [-0.25, -0.2) is 12.7 Å². The second-order valence-electron chi connectivity index (χ2n) is 6.37. The highest BCUT2D eigenvalue weighted by molar-refractivity contribution is 7.89. The third-order valence-electron chi connectivity index (χ3n) is 4.82. The lowest BCUT2D eigenvalue weighted by Gasteiger charge is -2.31. The number of rotatable bonds is 6. The van der Waals surface area contributed by atoms with Gasteiger partial charge in [-0.3, -0.25) is 4.79 Å². The van der Waals surface area contributed by atoms with Crippen molar-refractivity contribution in [2.75, 3.05) is 31.9 Å². The van der Waals surface area contributed by atoms with Crippen molar-refractivity contribution in [1.82, 2.24) is 14.9 Å². The molecule has 2 aliphatic heterocycles. The number of hydrogen-bond acceptors (Lipinski definition) is 4. The van der Waals surface area contributed by atoms with Gasteiger partial charge in [0, 0.05) is 25.6 Å². The van der Waals surface area contributed by atoms with Crippen LogP contribution in [0.3, 0.4) is 0 Å². The monoisotopic (exact) mass is 367 g/mol. The summed E-state index contributed by atoms with van der Waals surface area (Å²) < 4.78 is 25.1. The first-order chi connectivity index (χ1) is 10.5. The Hall–Kier alpha value is -0.370. The van der Waals surface area contributed by atoms with E-state index in [4.69, 9.17) is 0 Å². The van der Waals surface area contributed by atoms with Gasteiger partial charge in [-0.15, -0.1) is 12.4 Å². The molecule has 6 nitrogen and oxygen atoms in total. The van der Waals surface area contributed by atoms with Crippen LogP contribution >= 0.6 is 12.4 Å². The van der Waals surface area contributed by atoms with Gasteiger partial charge in [0.15, 0.2) is 0 Å². The summed E-state index contributed by atoms with van der Waals surface area (Å²) in [5, 5.41) is 6.41. The Morgan fingerprint density at radius 3 is 2.35 bits per heavy atom. The molecule has 0 bridgehead atoms. The minimum absolute atomic E-state index is 0. The molecule has 2 rings (SSSR count). The number of sulfonamides is 1. The predicted molar refractivity (Wildman–Crippen MR) is 94.3 cm³/mol. The van der Waals surface area contributed by atoms with Crippen molar-refractivity contribution in [3.63, 3.8) is 0 Å². The van der Waals surface area contributed by atoms with Crippen molar-refractivity contribution < 1.29 is 13.2 Å². The summed E-state index contributed by atoms with van der Waals surface area (Å²) in [6.07, 6.45) is 5.34. The van der Waals surface area contributed by atoms with Crippen LogP contribution in [0, 0.1) is 5.92 Å². The minimum Gasteiger partial charge on any atom is -0.353 e. The van der Waals surface area contributed by atoms with E-state index in [0.717, 1.165) is 32.4 Å². The van der Waals surface area contributed by atoms with Gasteiger partial charge >= 0.3 is 0 Å². The van der Waals surface area contributed by atoms with Crippen LogP contribution in [0.15, 0.2) is 0 Å². The first-order valence-corrected chi connectivity index (χ1v) is 10.1. The molecule has 0 aliphatic carbocycles. The molecular formula is C15H30ClN3O3S. The molecule has 0 saturated carbocycles. The van der Waals surface area contributed by atoms with E-state index in [0.29, 0.717) is 25.4 Å². The quantitative estimate of drug-likeness (QED) is 0.737. The Balaban J connectivity index is 0.00000264. The molecule has 2 N–H and O–H groups in total. The maximum Gasteiger partial charge on any atom is 0.220 e. The molecule has 0 radical (unpaired) electrons. The molecule has 23 heavy (non-hydrogen) atoms. The zero-order valence-electron chi connectivity index (χ0n) is 13.9. The number of amides is 1. The smallest absolute Gasteiger partial charge is 0.220 e. The third kappa shape index (κ3) is 6.57. The average molecular weight is 368 g/mol. The Kier molecular flexibility index (Phi) is 8.82. The Morgan fingerprint density at radius 2 is 1.78 bits per heavy atom.